The van der Waals surface area contributed by atoms with E-state index in [-0.39, 0.29) is 5.91 Å². The molecule has 0 heterocycles. The molecule has 4 aromatic rings. The van der Waals surface area contributed by atoms with Gasteiger partial charge in [-0.15, -0.1) is 0 Å². The molecule has 0 saturated carbocycles. The molecule has 0 aromatic heterocycles. The maximum Gasteiger partial charge on any atom is 0.271 e. The lowest BCUT2D eigenvalue weighted by Crippen LogP contribution is -2.17. The topological polar surface area (TPSA) is 69.2 Å². The molecule has 36 heavy (non-hydrogen) atoms. The number of hydrogen-bond donors (Lipinski definition) is 1. The number of carbonyl (C=O) groups excluding carboxylic acids is 1. The second-order valence-electron chi connectivity index (χ2n) is 8.03. The molecule has 7 heteroatoms. The lowest BCUT2D eigenvalue weighted by atomic mass is 10.1. The summed E-state index contributed by atoms with van der Waals surface area (Å²) in [4.78, 5) is 12.4. The molecule has 0 fully saturated rings. The molecular formula is C29H27IN2O4. The Morgan fingerprint density at radius 2 is 1.78 bits per heavy atom. The average molecular weight is 594 g/mol. The van der Waals surface area contributed by atoms with Gasteiger partial charge in [-0.05, 0) is 87.3 Å². The van der Waals surface area contributed by atoms with Crippen LogP contribution < -0.4 is 19.6 Å². The summed E-state index contributed by atoms with van der Waals surface area (Å²) >= 11 is 2.22. The van der Waals surface area contributed by atoms with E-state index in [1.807, 2.05) is 37.3 Å². The number of fused-ring (bicyclic) bond motifs is 1. The Labute approximate surface area is 224 Å². The number of amides is 1. The first-order valence-corrected chi connectivity index (χ1v) is 12.7. The number of nitrogens with one attached hydrogen (secondary N) is 1. The van der Waals surface area contributed by atoms with Crippen molar-refractivity contribution in [1.82, 2.24) is 5.43 Å². The van der Waals surface area contributed by atoms with Crippen molar-refractivity contribution in [3.63, 3.8) is 0 Å². The molecular weight excluding hydrogens is 567 g/mol. The summed E-state index contributed by atoms with van der Waals surface area (Å²) in [5.41, 5.74) is 4.94. The van der Waals surface area contributed by atoms with E-state index in [1.54, 1.807) is 37.6 Å². The molecule has 4 rings (SSSR count). The number of methoxy groups -OCH3 is 1. The van der Waals surface area contributed by atoms with Crippen molar-refractivity contribution in [2.24, 2.45) is 5.10 Å². The molecule has 0 atom stereocenters. The maximum absolute atomic E-state index is 12.4. The fourth-order valence-corrected chi connectivity index (χ4v) is 4.46. The molecule has 0 saturated heterocycles. The number of halogens is 1. The van der Waals surface area contributed by atoms with Gasteiger partial charge in [0.05, 0.1) is 23.5 Å². The largest absolute Gasteiger partial charge is 0.494 e. The maximum atomic E-state index is 12.4. The van der Waals surface area contributed by atoms with Crippen molar-refractivity contribution in [3.05, 3.63) is 99.1 Å². The fourth-order valence-electron chi connectivity index (χ4n) is 3.68. The summed E-state index contributed by atoms with van der Waals surface area (Å²) in [5, 5.41) is 6.45. The Kier molecular flexibility index (Phi) is 8.78. The van der Waals surface area contributed by atoms with Crippen LogP contribution in [-0.4, -0.2) is 25.8 Å². The van der Waals surface area contributed by atoms with Gasteiger partial charge < -0.3 is 14.2 Å². The number of benzene rings is 4. The van der Waals surface area contributed by atoms with Gasteiger partial charge in [-0.1, -0.05) is 49.4 Å². The molecule has 0 unspecified atom stereocenters. The third-order valence-corrected chi connectivity index (χ3v) is 6.27. The van der Waals surface area contributed by atoms with Gasteiger partial charge in [0.15, 0.2) is 11.5 Å². The zero-order chi connectivity index (χ0) is 25.3. The highest BCUT2D eigenvalue weighted by Gasteiger charge is 2.13. The zero-order valence-corrected chi connectivity index (χ0v) is 22.3. The van der Waals surface area contributed by atoms with E-state index in [4.69, 9.17) is 14.2 Å². The first kappa shape index (κ1) is 25.5. The van der Waals surface area contributed by atoms with Crippen molar-refractivity contribution >= 4 is 45.5 Å². The molecule has 0 bridgehead atoms. The van der Waals surface area contributed by atoms with E-state index < -0.39 is 0 Å². The van der Waals surface area contributed by atoms with Crippen molar-refractivity contribution in [3.8, 4) is 17.2 Å². The van der Waals surface area contributed by atoms with Crippen LogP contribution in [0.15, 0.2) is 84.0 Å². The van der Waals surface area contributed by atoms with E-state index in [9.17, 15) is 4.79 Å². The van der Waals surface area contributed by atoms with Gasteiger partial charge >= 0.3 is 0 Å². The second kappa shape index (κ2) is 12.4. The van der Waals surface area contributed by atoms with E-state index >= 15 is 0 Å². The van der Waals surface area contributed by atoms with Crippen molar-refractivity contribution in [1.29, 1.82) is 0 Å². The highest BCUT2D eigenvalue weighted by atomic mass is 127. The van der Waals surface area contributed by atoms with Crippen LogP contribution in [0.25, 0.3) is 10.8 Å². The Balaban J connectivity index is 1.42. The van der Waals surface area contributed by atoms with Gasteiger partial charge in [-0.25, -0.2) is 5.43 Å². The third kappa shape index (κ3) is 6.34. The fraction of sp³-hybridized carbons (Fsp3) is 0.172. The van der Waals surface area contributed by atoms with E-state index in [0.29, 0.717) is 30.3 Å². The Morgan fingerprint density at radius 3 is 2.56 bits per heavy atom. The van der Waals surface area contributed by atoms with Gasteiger partial charge in [0.2, 0.25) is 0 Å². The predicted octanol–water partition coefficient (Wildman–Crippen LogP) is 6.58. The smallest absolute Gasteiger partial charge is 0.271 e. The van der Waals surface area contributed by atoms with E-state index in [2.05, 4.69) is 57.4 Å². The average Bonchev–Trinajstić information content (AvgIpc) is 2.91. The summed E-state index contributed by atoms with van der Waals surface area (Å²) in [6.07, 6.45) is 2.51. The first-order valence-electron chi connectivity index (χ1n) is 11.6. The highest BCUT2D eigenvalue weighted by Crippen LogP contribution is 2.34. The van der Waals surface area contributed by atoms with Crippen LogP contribution in [0.3, 0.4) is 0 Å². The minimum atomic E-state index is -0.301. The predicted molar refractivity (Wildman–Crippen MR) is 151 cm³/mol. The number of hydrazone groups is 1. The number of rotatable bonds is 10. The van der Waals surface area contributed by atoms with Crippen LogP contribution in [0, 0.1) is 3.57 Å². The Bertz CT molecular complexity index is 1360. The van der Waals surface area contributed by atoms with Crippen molar-refractivity contribution in [2.45, 2.75) is 20.0 Å². The van der Waals surface area contributed by atoms with Gasteiger partial charge in [0.25, 0.3) is 5.91 Å². The SMILES string of the molecule is CCCOc1ccc(C(=O)N/N=C/c2cc(I)c(OCc3cccc4ccccc34)c(OC)c2)cc1. The summed E-state index contributed by atoms with van der Waals surface area (Å²) in [5.74, 6) is 1.70. The molecule has 184 valence electrons. The number of hydrogen-bond acceptors (Lipinski definition) is 5. The van der Waals surface area contributed by atoms with Crippen LogP contribution in [0.1, 0.15) is 34.8 Å². The molecule has 0 aliphatic carbocycles. The van der Waals surface area contributed by atoms with Crippen LogP contribution in [-0.2, 0) is 6.61 Å². The van der Waals surface area contributed by atoms with Crippen LogP contribution in [0.2, 0.25) is 0 Å². The minimum absolute atomic E-state index is 0.301. The summed E-state index contributed by atoms with van der Waals surface area (Å²) in [6.45, 7) is 3.11. The van der Waals surface area contributed by atoms with Crippen LogP contribution in [0.5, 0.6) is 17.2 Å². The van der Waals surface area contributed by atoms with Gasteiger partial charge in [0, 0.05) is 5.56 Å². The third-order valence-electron chi connectivity index (χ3n) is 5.47. The van der Waals surface area contributed by atoms with Gasteiger partial charge in [-0.2, -0.15) is 5.10 Å². The van der Waals surface area contributed by atoms with E-state index in [1.165, 1.54) is 5.39 Å². The van der Waals surface area contributed by atoms with Gasteiger partial charge in [-0.3, -0.25) is 4.79 Å². The normalized spacial score (nSPS) is 11.0. The van der Waals surface area contributed by atoms with Crippen molar-refractivity contribution in [2.75, 3.05) is 13.7 Å². The monoisotopic (exact) mass is 594 g/mol. The molecule has 0 aliphatic rings. The summed E-state index contributed by atoms with van der Waals surface area (Å²) in [7, 11) is 1.60. The molecule has 1 amide bonds. The van der Waals surface area contributed by atoms with Crippen LogP contribution in [0.4, 0.5) is 0 Å². The second-order valence-corrected chi connectivity index (χ2v) is 9.20. The lowest BCUT2D eigenvalue weighted by molar-refractivity contribution is 0.0955. The van der Waals surface area contributed by atoms with Crippen molar-refractivity contribution < 1.29 is 19.0 Å². The Hall–Kier alpha value is -3.59. The first-order chi connectivity index (χ1) is 17.6. The molecule has 4 aromatic carbocycles. The number of nitrogens with zero attached hydrogens (tertiary/aromatic N) is 1. The molecule has 1 N–H and O–H groups in total. The Morgan fingerprint density at radius 1 is 1.00 bits per heavy atom. The quantitative estimate of drug-likeness (QED) is 0.128. The summed E-state index contributed by atoms with van der Waals surface area (Å²) in [6, 6.07) is 25.2. The molecule has 6 nitrogen and oxygen atoms in total. The highest BCUT2D eigenvalue weighted by molar-refractivity contribution is 14.1. The molecule has 0 radical (unpaired) electrons. The van der Waals surface area contributed by atoms with Crippen LogP contribution >= 0.6 is 22.6 Å². The molecule has 0 aliphatic heterocycles. The standard InChI is InChI=1S/C29H27IN2O4/c1-3-15-35-24-13-11-22(12-14-24)29(33)32-31-18-20-16-26(30)28(27(17-20)34-2)36-19-23-9-6-8-21-7-4-5-10-25(21)23/h4-14,16-18H,3,15,19H2,1-2H3,(H,32,33)/b31-18+. The van der Waals surface area contributed by atoms with E-state index in [0.717, 1.165) is 32.3 Å². The molecule has 0 spiro atoms. The minimum Gasteiger partial charge on any atom is -0.494 e. The number of ether oxygens (including phenoxy) is 3. The zero-order valence-electron chi connectivity index (χ0n) is 20.2. The summed E-state index contributed by atoms with van der Waals surface area (Å²) < 4.78 is 18.2. The lowest BCUT2D eigenvalue weighted by Gasteiger charge is -2.14. The number of carbonyl (C=O) groups is 1. The van der Waals surface area contributed by atoms with Gasteiger partial charge in [0.1, 0.15) is 12.4 Å².